The predicted molar refractivity (Wildman–Crippen MR) is 146 cm³/mol. The first-order valence-corrected chi connectivity index (χ1v) is 14.0. The van der Waals surface area contributed by atoms with E-state index in [0.29, 0.717) is 19.3 Å². The summed E-state index contributed by atoms with van der Waals surface area (Å²) in [6, 6.07) is 0. The number of fused-ring (bicyclic) bond motifs is 3. The van der Waals surface area contributed by atoms with Crippen LogP contribution in [-0.4, -0.2) is 86.7 Å². The van der Waals surface area contributed by atoms with E-state index >= 15 is 0 Å². The van der Waals surface area contributed by atoms with Gasteiger partial charge in [-0.15, -0.1) is 19.0 Å². The molecule has 0 amide bonds. The third-order valence-corrected chi connectivity index (χ3v) is 10.3. The van der Waals surface area contributed by atoms with Crippen molar-refractivity contribution in [2.45, 2.75) is 121 Å². The first-order chi connectivity index (χ1) is 17.2. The second-order valence-electron chi connectivity index (χ2n) is 13.2. The van der Waals surface area contributed by atoms with Gasteiger partial charge in [-0.05, 0) is 71.0 Å². The predicted octanol–water partition coefficient (Wildman–Crippen LogP) is 3.19. The standard InChI is InChI=1S/C29H47NO7.ClH/c1-7-26(4)18-20(32)29(35)27(5)19(31)13-14-25(2,3)23(27)22(24(34)28(29,6)37-26)36-21(33)12-11-17-30-15-9-8-10-16-30;/h7,19,22-24,31,34-35H,1,8-18H2,2-6H3;1H/t19-,22?,23?,24?,26-,27?,28+,29-;/m0./s1. The molecule has 4 rings (SSSR count). The van der Waals surface area contributed by atoms with Gasteiger partial charge in [-0.2, -0.15) is 0 Å². The summed E-state index contributed by atoms with van der Waals surface area (Å²) in [5, 5.41) is 35.6. The molecule has 0 radical (unpaired) electrons. The molecule has 4 aliphatic rings. The van der Waals surface area contributed by atoms with E-state index in [1.807, 2.05) is 13.8 Å². The highest BCUT2D eigenvalue weighted by molar-refractivity contribution is 5.92. The quantitative estimate of drug-likeness (QED) is 0.337. The monoisotopic (exact) mass is 557 g/mol. The van der Waals surface area contributed by atoms with Gasteiger partial charge in [-0.3, -0.25) is 9.59 Å². The van der Waals surface area contributed by atoms with Gasteiger partial charge >= 0.3 is 5.97 Å². The zero-order valence-electron chi connectivity index (χ0n) is 23.7. The highest BCUT2D eigenvalue weighted by atomic mass is 35.5. The Balaban J connectivity index is 0.00000400. The maximum atomic E-state index is 13.8. The van der Waals surface area contributed by atoms with Gasteiger partial charge in [-0.25, -0.2) is 0 Å². The number of nitrogens with zero attached hydrogens (tertiary/aromatic N) is 1. The molecule has 0 spiro atoms. The zero-order chi connectivity index (χ0) is 27.4. The Morgan fingerprint density at radius 2 is 1.79 bits per heavy atom. The highest BCUT2D eigenvalue weighted by Gasteiger charge is 2.81. The molecule has 0 aromatic rings. The Hall–Kier alpha value is -1.03. The van der Waals surface area contributed by atoms with Crippen LogP contribution in [0.2, 0.25) is 0 Å². The van der Waals surface area contributed by atoms with Crippen molar-refractivity contribution >= 4 is 24.2 Å². The summed E-state index contributed by atoms with van der Waals surface area (Å²) in [6.07, 6.45) is 3.19. The number of hydrogen-bond donors (Lipinski definition) is 3. The van der Waals surface area contributed by atoms with Crippen LogP contribution < -0.4 is 0 Å². The van der Waals surface area contributed by atoms with Gasteiger partial charge in [0.05, 0.1) is 11.7 Å². The van der Waals surface area contributed by atoms with E-state index in [9.17, 15) is 24.9 Å². The van der Waals surface area contributed by atoms with Crippen molar-refractivity contribution in [2.24, 2.45) is 16.7 Å². The average Bonchev–Trinajstić information content (AvgIpc) is 2.83. The lowest BCUT2D eigenvalue weighted by molar-refractivity contribution is -0.370. The van der Waals surface area contributed by atoms with Gasteiger partial charge in [0.2, 0.25) is 0 Å². The van der Waals surface area contributed by atoms with Crippen molar-refractivity contribution < 1.29 is 34.4 Å². The molecule has 9 heteroatoms. The second kappa shape index (κ2) is 10.7. The Bertz CT molecular complexity index is 923. The molecule has 4 fully saturated rings. The molecule has 2 saturated carbocycles. The van der Waals surface area contributed by atoms with Gasteiger partial charge in [0.15, 0.2) is 11.4 Å². The molecule has 8 atom stereocenters. The second-order valence-corrected chi connectivity index (χ2v) is 13.2. The number of Topliss-reactive ketones (excluding diaryl/α,β-unsaturated/α-hetero) is 1. The lowest BCUT2D eigenvalue weighted by Crippen LogP contribution is -2.86. The fourth-order valence-electron chi connectivity index (χ4n) is 8.25. The summed E-state index contributed by atoms with van der Waals surface area (Å²) < 4.78 is 12.4. The SMILES string of the molecule is C=C[C@@]1(C)CC(=O)[C@]2(O)C3(C)C(C(OC(=O)CCCN4CCCCC4)C(O)[C@@]2(C)O1)C(C)(C)CC[C@@H]3O.Cl. The largest absolute Gasteiger partial charge is 0.459 e. The van der Waals surface area contributed by atoms with E-state index in [0.717, 1.165) is 19.6 Å². The Kier molecular flexibility index (Phi) is 8.91. The molecule has 3 N–H and O–H groups in total. The molecule has 4 unspecified atom stereocenters. The minimum Gasteiger partial charge on any atom is -0.459 e. The minimum atomic E-state index is -2.19. The number of ketones is 1. The van der Waals surface area contributed by atoms with E-state index in [1.165, 1.54) is 32.3 Å². The Morgan fingerprint density at radius 3 is 2.39 bits per heavy atom. The van der Waals surface area contributed by atoms with E-state index in [4.69, 9.17) is 9.47 Å². The molecular formula is C29H48ClNO7. The van der Waals surface area contributed by atoms with Gasteiger partial charge in [0, 0.05) is 24.2 Å². The van der Waals surface area contributed by atoms with E-state index in [1.54, 1.807) is 13.8 Å². The maximum absolute atomic E-state index is 13.8. The first kappa shape index (κ1) is 31.5. The van der Waals surface area contributed by atoms with Crippen molar-refractivity contribution in [3.63, 3.8) is 0 Å². The molecule has 2 heterocycles. The number of carbonyl (C=O) groups is 2. The molecule has 218 valence electrons. The maximum Gasteiger partial charge on any atom is 0.306 e. The minimum absolute atomic E-state index is 0. The summed E-state index contributed by atoms with van der Waals surface area (Å²) >= 11 is 0. The van der Waals surface area contributed by atoms with Crippen LogP contribution in [0.25, 0.3) is 0 Å². The number of aliphatic hydroxyl groups is 3. The van der Waals surface area contributed by atoms with Crippen LogP contribution in [0, 0.1) is 16.7 Å². The average molecular weight is 558 g/mol. The molecule has 8 nitrogen and oxygen atoms in total. The molecule has 2 saturated heterocycles. The number of likely N-dealkylation sites (tertiary alicyclic amines) is 1. The van der Waals surface area contributed by atoms with Crippen molar-refractivity contribution in [2.75, 3.05) is 19.6 Å². The highest BCUT2D eigenvalue weighted by Crippen LogP contribution is 2.67. The fourth-order valence-corrected chi connectivity index (χ4v) is 8.25. The van der Waals surface area contributed by atoms with E-state index < -0.39 is 63.6 Å². The number of rotatable bonds is 6. The number of esters is 1. The Morgan fingerprint density at radius 1 is 1.16 bits per heavy atom. The summed E-state index contributed by atoms with van der Waals surface area (Å²) in [4.78, 5) is 29.3. The van der Waals surface area contributed by atoms with Crippen LogP contribution in [0.4, 0.5) is 0 Å². The summed E-state index contributed by atoms with van der Waals surface area (Å²) in [6.45, 7) is 15.6. The van der Waals surface area contributed by atoms with Crippen molar-refractivity contribution in [3.05, 3.63) is 12.7 Å². The summed E-state index contributed by atoms with van der Waals surface area (Å²) in [5.41, 5.74) is -7.10. The van der Waals surface area contributed by atoms with Gasteiger partial charge < -0.3 is 29.7 Å². The van der Waals surface area contributed by atoms with Crippen molar-refractivity contribution in [3.8, 4) is 0 Å². The third kappa shape index (κ3) is 4.67. The van der Waals surface area contributed by atoms with Crippen LogP contribution in [0.3, 0.4) is 0 Å². The number of aliphatic hydroxyl groups excluding tert-OH is 2. The molecular weight excluding hydrogens is 510 g/mol. The van der Waals surface area contributed by atoms with Gasteiger partial charge in [-0.1, -0.05) is 33.3 Å². The zero-order valence-corrected chi connectivity index (χ0v) is 24.5. The number of ether oxygens (including phenoxy) is 2. The van der Waals surface area contributed by atoms with Crippen LogP contribution in [0.15, 0.2) is 12.7 Å². The molecule has 2 aliphatic carbocycles. The fraction of sp³-hybridized carbons (Fsp3) is 0.862. The number of hydrogen-bond acceptors (Lipinski definition) is 8. The smallest absolute Gasteiger partial charge is 0.306 e. The van der Waals surface area contributed by atoms with Crippen LogP contribution in [0.1, 0.15) is 86.0 Å². The lowest BCUT2D eigenvalue weighted by atomic mass is 9.40. The van der Waals surface area contributed by atoms with E-state index in [-0.39, 0.29) is 25.2 Å². The molecule has 0 aromatic heterocycles. The number of carbonyl (C=O) groups excluding carboxylic acids is 2. The van der Waals surface area contributed by atoms with Gasteiger partial charge in [0.1, 0.15) is 17.8 Å². The molecule has 38 heavy (non-hydrogen) atoms. The van der Waals surface area contributed by atoms with Gasteiger partial charge in [0.25, 0.3) is 0 Å². The topological polar surface area (TPSA) is 117 Å². The van der Waals surface area contributed by atoms with E-state index in [2.05, 4.69) is 11.5 Å². The van der Waals surface area contributed by atoms with Crippen molar-refractivity contribution in [1.29, 1.82) is 0 Å². The summed E-state index contributed by atoms with van der Waals surface area (Å²) in [7, 11) is 0. The van der Waals surface area contributed by atoms with Crippen LogP contribution >= 0.6 is 12.4 Å². The van der Waals surface area contributed by atoms with Crippen LogP contribution in [-0.2, 0) is 19.1 Å². The number of halogens is 1. The Labute approximate surface area is 233 Å². The number of piperidine rings is 1. The third-order valence-electron chi connectivity index (χ3n) is 10.3. The summed E-state index contributed by atoms with van der Waals surface area (Å²) in [5.74, 6) is -1.61. The molecule has 0 aromatic carbocycles. The lowest BCUT2D eigenvalue weighted by Gasteiger charge is -2.71. The molecule has 0 bridgehead atoms. The van der Waals surface area contributed by atoms with Crippen molar-refractivity contribution in [1.82, 2.24) is 4.90 Å². The molecule has 2 aliphatic heterocycles. The van der Waals surface area contributed by atoms with Crippen LogP contribution in [0.5, 0.6) is 0 Å². The first-order valence-electron chi connectivity index (χ1n) is 14.0. The normalized spacial score (nSPS) is 44.8.